The van der Waals surface area contributed by atoms with Crippen molar-refractivity contribution in [2.45, 2.75) is 32.2 Å². The second-order valence-corrected chi connectivity index (χ2v) is 4.47. The lowest BCUT2D eigenvalue weighted by Gasteiger charge is -2.27. The van der Waals surface area contributed by atoms with Crippen LogP contribution in [-0.2, 0) is 9.53 Å². The maximum Gasteiger partial charge on any atom is 0.331 e. The Bertz CT molecular complexity index is 503. The Hall–Kier alpha value is -2.11. The van der Waals surface area contributed by atoms with E-state index in [9.17, 15) is 14.4 Å². The van der Waals surface area contributed by atoms with Crippen molar-refractivity contribution in [1.29, 1.82) is 0 Å². The van der Waals surface area contributed by atoms with E-state index < -0.39 is 17.4 Å². The monoisotopic (exact) mass is 266 g/mol. The van der Waals surface area contributed by atoms with Gasteiger partial charge in [-0.1, -0.05) is 13.3 Å². The number of H-pyrrole nitrogens is 1. The first-order valence-corrected chi connectivity index (χ1v) is 6.02. The standard InChI is InChI=1S/C13H18N2O4/c1-4-7-13(2,12(18)19-3)15-11(17)9-5-6-10(16)14-8-9/h5-6,8H,4,7H2,1-3H3,(H,14,16)(H,15,17). The van der Waals surface area contributed by atoms with Gasteiger partial charge < -0.3 is 15.0 Å². The van der Waals surface area contributed by atoms with Gasteiger partial charge >= 0.3 is 5.97 Å². The predicted octanol–water partition coefficient (Wildman–Crippen LogP) is 0.836. The molecule has 0 aromatic carbocycles. The molecule has 1 unspecified atom stereocenters. The fourth-order valence-corrected chi connectivity index (χ4v) is 1.82. The third-order valence-corrected chi connectivity index (χ3v) is 2.82. The zero-order chi connectivity index (χ0) is 14.5. The van der Waals surface area contributed by atoms with Crippen molar-refractivity contribution in [3.05, 3.63) is 34.2 Å². The summed E-state index contributed by atoms with van der Waals surface area (Å²) in [6, 6.07) is 2.65. The van der Waals surface area contributed by atoms with Crippen LogP contribution >= 0.6 is 0 Å². The molecule has 1 rings (SSSR count). The molecule has 0 fully saturated rings. The van der Waals surface area contributed by atoms with Gasteiger partial charge in [0.15, 0.2) is 0 Å². The van der Waals surface area contributed by atoms with Crippen LogP contribution in [0.25, 0.3) is 0 Å². The Morgan fingerprint density at radius 2 is 2.11 bits per heavy atom. The summed E-state index contributed by atoms with van der Waals surface area (Å²) in [5, 5.41) is 2.65. The maximum absolute atomic E-state index is 12.0. The number of ether oxygens (including phenoxy) is 1. The summed E-state index contributed by atoms with van der Waals surface area (Å²) in [6.45, 7) is 3.53. The van der Waals surface area contributed by atoms with Gasteiger partial charge in [-0.2, -0.15) is 0 Å². The predicted molar refractivity (Wildman–Crippen MR) is 69.9 cm³/mol. The molecule has 0 aliphatic rings. The van der Waals surface area contributed by atoms with Gasteiger partial charge in [0.2, 0.25) is 5.56 Å². The highest BCUT2D eigenvalue weighted by Crippen LogP contribution is 2.15. The summed E-state index contributed by atoms with van der Waals surface area (Å²) in [6.07, 6.45) is 2.49. The van der Waals surface area contributed by atoms with Gasteiger partial charge in [-0.25, -0.2) is 4.79 Å². The molecule has 1 amide bonds. The minimum Gasteiger partial charge on any atom is -0.467 e. The van der Waals surface area contributed by atoms with Crippen molar-refractivity contribution in [1.82, 2.24) is 10.3 Å². The first-order chi connectivity index (χ1) is 8.92. The van der Waals surface area contributed by atoms with Crippen molar-refractivity contribution in [2.75, 3.05) is 7.11 Å². The molecule has 0 bridgehead atoms. The topological polar surface area (TPSA) is 88.3 Å². The SMILES string of the molecule is CCCC(C)(NC(=O)c1ccc(=O)[nH]c1)C(=O)OC. The number of methoxy groups -OCH3 is 1. The fraction of sp³-hybridized carbons (Fsp3) is 0.462. The van der Waals surface area contributed by atoms with Crippen LogP contribution in [0.5, 0.6) is 0 Å². The maximum atomic E-state index is 12.0. The average Bonchev–Trinajstić information content (AvgIpc) is 2.38. The third kappa shape index (κ3) is 3.67. The molecular weight excluding hydrogens is 248 g/mol. The average molecular weight is 266 g/mol. The van der Waals surface area contributed by atoms with Crippen LogP contribution in [0.4, 0.5) is 0 Å². The van der Waals surface area contributed by atoms with Gasteiger partial charge in [-0.3, -0.25) is 9.59 Å². The molecule has 1 atom stereocenters. The Labute approximate surface area is 111 Å². The van der Waals surface area contributed by atoms with E-state index >= 15 is 0 Å². The Morgan fingerprint density at radius 3 is 2.58 bits per heavy atom. The molecule has 1 aromatic heterocycles. The zero-order valence-electron chi connectivity index (χ0n) is 11.3. The lowest BCUT2D eigenvalue weighted by atomic mass is 9.95. The molecule has 0 saturated heterocycles. The number of rotatable bonds is 5. The molecule has 0 radical (unpaired) electrons. The van der Waals surface area contributed by atoms with Crippen LogP contribution in [0.15, 0.2) is 23.1 Å². The Morgan fingerprint density at radius 1 is 1.42 bits per heavy atom. The number of amides is 1. The number of nitrogens with one attached hydrogen (secondary N) is 2. The molecule has 104 valence electrons. The second kappa shape index (κ2) is 6.17. The minimum absolute atomic E-state index is 0.283. The van der Waals surface area contributed by atoms with E-state index in [0.29, 0.717) is 6.42 Å². The van der Waals surface area contributed by atoms with Gasteiger partial charge in [-0.15, -0.1) is 0 Å². The van der Waals surface area contributed by atoms with Gasteiger partial charge in [0, 0.05) is 12.3 Å². The number of carbonyl (C=O) groups is 2. The normalized spacial score (nSPS) is 13.4. The number of aromatic amines is 1. The number of aromatic nitrogens is 1. The van der Waals surface area contributed by atoms with E-state index in [0.717, 1.165) is 6.42 Å². The van der Waals surface area contributed by atoms with E-state index in [2.05, 4.69) is 10.3 Å². The summed E-state index contributed by atoms with van der Waals surface area (Å²) in [5.41, 5.74) is -1.08. The molecule has 0 aliphatic heterocycles. The summed E-state index contributed by atoms with van der Waals surface area (Å²) in [5.74, 6) is -0.926. The minimum atomic E-state index is -1.07. The quantitative estimate of drug-likeness (QED) is 0.773. The van der Waals surface area contributed by atoms with Gasteiger partial charge in [0.05, 0.1) is 12.7 Å². The Kier molecular flexibility index (Phi) is 4.86. The van der Waals surface area contributed by atoms with Gasteiger partial charge in [0.1, 0.15) is 5.54 Å². The smallest absolute Gasteiger partial charge is 0.331 e. The summed E-state index contributed by atoms with van der Waals surface area (Å²) < 4.78 is 4.71. The third-order valence-electron chi connectivity index (χ3n) is 2.82. The summed E-state index contributed by atoms with van der Waals surface area (Å²) in [4.78, 5) is 37.1. The van der Waals surface area contributed by atoms with E-state index in [1.165, 1.54) is 25.4 Å². The number of esters is 1. The largest absolute Gasteiger partial charge is 0.467 e. The molecule has 1 aromatic rings. The zero-order valence-corrected chi connectivity index (χ0v) is 11.3. The first kappa shape index (κ1) is 14.9. The lowest BCUT2D eigenvalue weighted by molar-refractivity contribution is -0.147. The molecular formula is C13H18N2O4. The molecule has 6 heteroatoms. The first-order valence-electron chi connectivity index (χ1n) is 6.02. The molecule has 19 heavy (non-hydrogen) atoms. The van der Waals surface area contributed by atoms with Gasteiger partial charge in [-0.05, 0) is 19.4 Å². The van der Waals surface area contributed by atoms with E-state index in [1.54, 1.807) is 6.92 Å². The fourth-order valence-electron chi connectivity index (χ4n) is 1.82. The molecule has 1 heterocycles. The molecule has 0 aliphatic carbocycles. The van der Waals surface area contributed by atoms with E-state index in [4.69, 9.17) is 4.74 Å². The van der Waals surface area contributed by atoms with Crippen molar-refractivity contribution < 1.29 is 14.3 Å². The molecule has 0 saturated carbocycles. The van der Waals surface area contributed by atoms with Crippen LogP contribution in [0.1, 0.15) is 37.0 Å². The number of hydrogen-bond acceptors (Lipinski definition) is 4. The summed E-state index contributed by atoms with van der Waals surface area (Å²) in [7, 11) is 1.28. The van der Waals surface area contributed by atoms with E-state index in [1.807, 2.05) is 6.92 Å². The number of hydrogen-bond donors (Lipinski definition) is 2. The molecule has 2 N–H and O–H groups in total. The highest BCUT2D eigenvalue weighted by atomic mass is 16.5. The van der Waals surface area contributed by atoms with Crippen LogP contribution in [0.2, 0.25) is 0 Å². The van der Waals surface area contributed by atoms with Crippen LogP contribution in [0.3, 0.4) is 0 Å². The van der Waals surface area contributed by atoms with Crippen molar-refractivity contribution >= 4 is 11.9 Å². The number of carbonyl (C=O) groups excluding carboxylic acids is 2. The van der Waals surface area contributed by atoms with Crippen molar-refractivity contribution in [3.63, 3.8) is 0 Å². The lowest BCUT2D eigenvalue weighted by Crippen LogP contribution is -2.52. The molecule has 0 spiro atoms. The van der Waals surface area contributed by atoms with E-state index in [-0.39, 0.29) is 11.1 Å². The Balaban J connectivity index is 2.90. The summed E-state index contributed by atoms with van der Waals surface area (Å²) >= 11 is 0. The number of pyridine rings is 1. The van der Waals surface area contributed by atoms with Gasteiger partial charge in [0.25, 0.3) is 5.91 Å². The highest BCUT2D eigenvalue weighted by Gasteiger charge is 2.35. The highest BCUT2D eigenvalue weighted by molar-refractivity contribution is 5.97. The van der Waals surface area contributed by atoms with Crippen LogP contribution in [0, 0.1) is 0 Å². The van der Waals surface area contributed by atoms with Crippen LogP contribution < -0.4 is 10.9 Å². The van der Waals surface area contributed by atoms with Crippen molar-refractivity contribution in [3.8, 4) is 0 Å². The van der Waals surface area contributed by atoms with Crippen molar-refractivity contribution in [2.24, 2.45) is 0 Å². The van der Waals surface area contributed by atoms with Crippen LogP contribution in [-0.4, -0.2) is 29.5 Å². The second-order valence-electron chi connectivity index (χ2n) is 4.47. The molecule has 6 nitrogen and oxygen atoms in total.